The number of hydrogen-bond acceptors (Lipinski definition) is 2. The first-order valence-corrected chi connectivity index (χ1v) is 7.56. The highest BCUT2D eigenvalue weighted by molar-refractivity contribution is 6.30. The van der Waals surface area contributed by atoms with Crippen LogP contribution in [0.5, 0.6) is 0 Å². The van der Waals surface area contributed by atoms with E-state index in [4.69, 9.17) is 11.6 Å². The number of likely N-dealkylation sites (N-methyl/N-ethyl adjacent to an activating group) is 1. The molecule has 0 bridgehead atoms. The molecule has 0 radical (unpaired) electrons. The van der Waals surface area contributed by atoms with Crippen LogP contribution in [-0.4, -0.2) is 17.9 Å². The molecule has 21 heavy (non-hydrogen) atoms. The van der Waals surface area contributed by atoms with E-state index in [1.807, 2.05) is 25.4 Å². The smallest absolute Gasteiger partial charge is 0.231 e. The van der Waals surface area contributed by atoms with E-state index in [-0.39, 0.29) is 5.91 Å². The summed E-state index contributed by atoms with van der Waals surface area (Å²) < 4.78 is 0. The minimum Gasteiger partial charge on any atom is -0.315 e. The maximum Gasteiger partial charge on any atom is 0.231 e. The first-order chi connectivity index (χ1) is 10.1. The van der Waals surface area contributed by atoms with E-state index in [9.17, 15) is 4.79 Å². The Kier molecular flexibility index (Phi) is 2.79. The van der Waals surface area contributed by atoms with Gasteiger partial charge in [-0.15, -0.1) is 0 Å². The molecule has 1 aliphatic heterocycles. The molecular weight excluding hydrogens is 284 g/mol. The molecule has 1 aromatic heterocycles. The van der Waals surface area contributed by atoms with Crippen molar-refractivity contribution in [3.8, 4) is 11.1 Å². The average molecular weight is 299 g/mol. The van der Waals surface area contributed by atoms with E-state index in [1.54, 1.807) is 11.1 Å². The van der Waals surface area contributed by atoms with Crippen LogP contribution >= 0.6 is 11.6 Å². The predicted molar refractivity (Wildman–Crippen MR) is 83.8 cm³/mol. The molecular formula is C17H15ClN2O. The van der Waals surface area contributed by atoms with E-state index < -0.39 is 0 Å². The molecule has 4 heteroatoms. The van der Waals surface area contributed by atoms with Crippen LogP contribution in [0, 0.1) is 0 Å². The van der Waals surface area contributed by atoms with E-state index in [2.05, 4.69) is 11.1 Å². The Morgan fingerprint density at radius 2 is 2.10 bits per heavy atom. The minimum absolute atomic E-state index is 0.174. The van der Waals surface area contributed by atoms with Crippen molar-refractivity contribution in [3.63, 3.8) is 0 Å². The normalized spacial score (nSPS) is 17.2. The highest BCUT2D eigenvalue weighted by atomic mass is 35.5. The molecule has 106 valence electrons. The number of anilines is 1. The van der Waals surface area contributed by atoms with Gasteiger partial charge in [0.2, 0.25) is 5.91 Å². The van der Waals surface area contributed by atoms with Gasteiger partial charge >= 0.3 is 0 Å². The molecule has 2 heterocycles. The molecule has 2 aliphatic rings. The van der Waals surface area contributed by atoms with Crippen molar-refractivity contribution in [2.24, 2.45) is 0 Å². The van der Waals surface area contributed by atoms with Crippen molar-refractivity contribution in [1.29, 1.82) is 0 Å². The Hall–Kier alpha value is -1.87. The Morgan fingerprint density at radius 1 is 1.29 bits per heavy atom. The van der Waals surface area contributed by atoms with Gasteiger partial charge in [0.25, 0.3) is 0 Å². The van der Waals surface area contributed by atoms with Crippen molar-refractivity contribution in [3.05, 3.63) is 46.7 Å². The standard InChI is InChI=1S/C17H15ClN2O/c1-20-15-5-4-13(11-6-12(18)9-19-8-11)17(10-2-3-10)14(15)7-16(20)21/h4-6,8-10H,2-3,7H2,1H3. The summed E-state index contributed by atoms with van der Waals surface area (Å²) in [4.78, 5) is 18.0. The Bertz CT molecular complexity index is 752. The molecule has 1 amide bonds. The largest absolute Gasteiger partial charge is 0.315 e. The second-order valence-electron chi connectivity index (χ2n) is 5.82. The lowest BCUT2D eigenvalue weighted by atomic mass is 9.91. The lowest BCUT2D eigenvalue weighted by Gasteiger charge is -2.16. The van der Waals surface area contributed by atoms with Gasteiger partial charge in [0.1, 0.15) is 0 Å². The summed E-state index contributed by atoms with van der Waals surface area (Å²) in [6.07, 6.45) is 6.41. The Labute approximate surface area is 128 Å². The summed E-state index contributed by atoms with van der Waals surface area (Å²) >= 11 is 6.08. The first kappa shape index (κ1) is 12.8. The predicted octanol–water partition coefficient (Wildman–Crippen LogP) is 3.80. The molecule has 0 atom stereocenters. The van der Waals surface area contributed by atoms with E-state index >= 15 is 0 Å². The number of benzene rings is 1. The molecule has 1 aliphatic carbocycles. The number of hydrogen-bond donors (Lipinski definition) is 0. The summed E-state index contributed by atoms with van der Waals surface area (Å²) in [6.45, 7) is 0. The molecule has 2 aromatic rings. The molecule has 0 spiro atoms. The fourth-order valence-electron chi connectivity index (χ4n) is 3.21. The molecule has 1 fully saturated rings. The fraction of sp³-hybridized carbons (Fsp3) is 0.294. The Balaban J connectivity index is 1.93. The number of carbonyl (C=O) groups is 1. The van der Waals surface area contributed by atoms with E-state index in [1.165, 1.54) is 29.5 Å². The molecule has 0 N–H and O–H groups in total. The maximum atomic E-state index is 12.0. The number of halogens is 1. The number of aromatic nitrogens is 1. The van der Waals surface area contributed by atoms with Crippen LogP contribution in [0.3, 0.4) is 0 Å². The number of amides is 1. The Morgan fingerprint density at radius 3 is 2.81 bits per heavy atom. The van der Waals surface area contributed by atoms with Crippen LogP contribution in [0.4, 0.5) is 5.69 Å². The summed E-state index contributed by atoms with van der Waals surface area (Å²) in [7, 11) is 1.85. The summed E-state index contributed by atoms with van der Waals surface area (Å²) in [6, 6.07) is 6.10. The minimum atomic E-state index is 0.174. The molecule has 1 aromatic carbocycles. The van der Waals surface area contributed by atoms with Gasteiger partial charge in [-0.2, -0.15) is 0 Å². The first-order valence-electron chi connectivity index (χ1n) is 7.18. The summed E-state index contributed by atoms with van der Waals surface area (Å²) in [5.74, 6) is 0.751. The van der Waals surface area contributed by atoms with Gasteiger partial charge in [-0.3, -0.25) is 9.78 Å². The van der Waals surface area contributed by atoms with Gasteiger partial charge in [0.15, 0.2) is 0 Å². The van der Waals surface area contributed by atoms with E-state index in [0.717, 1.165) is 11.3 Å². The third-order valence-electron chi connectivity index (χ3n) is 4.40. The van der Waals surface area contributed by atoms with Gasteiger partial charge in [-0.05, 0) is 47.6 Å². The van der Waals surface area contributed by atoms with Crippen molar-refractivity contribution in [2.45, 2.75) is 25.2 Å². The number of rotatable bonds is 2. The van der Waals surface area contributed by atoms with Crippen molar-refractivity contribution in [1.82, 2.24) is 4.98 Å². The number of fused-ring (bicyclic) bond motifs is 1. The summed E-state index contributed by atoms with van der Waals surface area (Å²) in [5.41, 5.74) is 5.79. The average Bonchev–Trinajstić information content (AvgIpc) is 3.26. The monoisotopic (exact) mass is 298 g/mol. The zero-order valence-corrected chi connectivity index (χ0v) is 12.5. The number of carbonyl (C=O) groups excluding carboxylic acids is 1. The van der Waals surface area contributed by atoms with Gasteiger partial charge < -0.3 is 4.90 Å². The second-order valence-corrected chi connectivity index (χ2v) is 6.26. The summed E-state index contributed by atoms with van der Waals surface area (Å²) in [5, 5.41) is 0.642. The molecule has 0 saturated heterocycles. The quantitative estimate of drug-likeness (QED) is 0.845. The third kappa shape index (κ3) is 2.04. The lowest BCUT2D eigenvalue weighted by molar-refractivity contribution is -0.117. The zero-order valence-electron chi connectivity index (χ0n) is 11.8. The van der Waals surface area contributed by atoms with Crippen LogP contribution < -0.4 is 4.90 Å². The van der Waals surface area contributed by atoms with Crippen LogP contribution in [0.25, 0.3) is 11.1 Å². The van der Waals surface area contributed by atoms with Gasteiger partial charge in [-0.25, -0.2) is 0 Å². The van der Waals surface area contributed by atoms with Crippen molar-refractivity contribution < 1.29 is 4.79 Å². The van der Waals surface area contributed by atoms with Gasteiger partial charge in [-0.1, -0.05) is 17.7 Å². The second kappa shape index (κ2) is 4.57. The van der Waals surface area contributed by atoms with Crippen molar-refractivity contribution >= 4 is 23.2 Å². The lowest BCUT2D eigenvalue weighted by Crippen LogP contribution is -2.20. The number of pyridine rings is 1. The maximum absolute atomic E-state index is 12.0. The molecule has 3 nitrogen and oxygen atoms in total. The number of nitrogens with zero attached hydrogens (tertiary/aromatic N) is 2. The molecule has 1 saturated carbocycles. The highest BCUT2D eigenvalue weighted by Gasteiger charge is 2.35. The molecule has 4 rings (SSSR count). The van der Waals surface area contributed by atoms with Crippen LogP contribution in [0.15, 0.2) is 30.6 Å². The van der Waals surface area contributed by atoms with Gasteiger partial charge in [0, 0.05) is 30.7 Å². The van der Waals surface area contributed by atoms with Crippen molar-refractivity contribution in [2.75, 3.05) is 11.9 Å². The van der Waals surface area contributed by atoms with Crippen LogP contribution in [-0.2, 0) is 11.2 Å². The van der Waals surface area contributed by atoms with Crippen LogP contribution in [0.2, 0.25) is 5.02 Å². The zero-order chi connectivity index (χ0) is 14.6. The molecule has 0 unspecified atom stereocenters. The fourth-order valence-corrected chi connectivity index (χ4v) is 3.38. The van der Waals surface area contributed by atoms with E-state index in [0.29, 0.717) is 17.4 Å². The SMILES string of the molecule is CN1C(=O)Cc2c1ccc(-c1cncc(Cl)c1)c2C1CC1. The third-order valence-corrected chi connectivity index (χ3v) is 4.60. The van der Waals surface area contributed by atoms with Gasteiger partial charge in [0.05, 0.1) is 11.4 Å². The highest BCUT2D eigenvalue weighted by Crippen LogP contribution is 2.49. The van der Waals surface area contributed by atoms with Crippen LogP contribution in [0.1, 0.15) is 29.9 Å². The topological polar surface area (TPSA) is 33.2 Å².